The van der Waals surface area contributed by atoms with Crippen molar-refractivity contribution < 1.29 is 9.15 Å². The fourth-order valence-corrected chi connectivity index (χ4v) is 2.90. The first-order chi connectivity index (χ1) is 11.7. The van der Waals surface area contributed by atoms with E-state index >= 15 is 0 Å². The Labute approximate surface area is 143 Å². The molecule has 4 nitrogen and oxygen atoms in total. The highest BCUT2D eigenvalue weighted by Gasteiger charge is 2.14. The van der Waals surface area contributed by atoms with Crippen LogP contribution >= 0.6 is 0 Å². The van der Waals surface area contributed by atoms with Crippen molar-refractivity contribution in [2.45, 2.75) is 12.6 Å². The van der Waals surface area contributed by atoms with Gasteiger partial charge < -0.3 is 19.4 Å². The number of furan rings is 1. The van der Waals surface area contributed by atoms with Crippen molar-refractivity contribution in [3.63, 3.8) is 0 Å². The zero-order chi connectivity index (χ0) is 16.9. The molecule has 0 saturated heterocycles. The monoisotopic (exact) mass is 324 g/mol. The lowest BCUT2D eigenvalue weighted by Gasteiger charge is -2.22. The highest BCUT2D eigenvalue weighted by molar-refractivity contribution is 5.83. The summed E-state index contributed by atoms with van der Waals surface area (Å²) in [6.45, 7) is 1.60. The van der Waals surface area contributed by atoms with Gasteiger partial charge in [0.15, 0.2) is 11.3 Å². The number of fused-ring (bicyclic) bond motifs is 1. The van der Waals surface area contributed by atoms with Crippen molar-refractivity contribution >= 4 is 11.0 Å². The van der Waals surface area contributed by atoms with Gasteiger partial charge in [-0.3, -0.25) is 0 Å². The summed E-state index contributed by atoms with van der Waals surface area (Å²) < 4.78 is 11.3. The number of hydrogen-bond donors (Lipinski definition) is 1. The third kappa shape index (κ3) is 3.78. The van der Waals surface area contributed by atoms with E-state index in [1.165, 1.54) is 5.56 Å². The molecule has 1 atom stereocenters. The van der Waals surface area contributed by atoms with Crippen molar-refractivity contribution in [3.8, 4) is 5.75 Å². The largest absolute Gasteiger partial charge is 0.493 e. The topological polar surface area (TPSA) is 37.6 Å². The Balaban J connectivity index is 1.77. The van der Waals surface area contributed by atoms with E-state index in [2.05, 4.69) is 54.6 Å². The van der Waals surface area contributed by atoms with Crippen LogP contribution in [-0.2, 0) is 6.54 Å². The van der Waals surface area contributed by atoms with Gasteiger partial charge in [-0.05, 0) is 31.8 Å². The summed E-state index contributed by atoms with van der Waals surface area (Å²) in [4.78, 5) is 2.19. The van der Waals surface area contributed by atoms with Crippen LogP contribution in [0.15, 0.2) is 59.0 Å². The summed E-state index contributed by atoms with van der Waals surface area (Å²) in [7, 11) is 5.84. The van der Waals surface area contributed by atoms with Crippen LogP contribution < -0.4 is 10.1 Å². The molecule has 0 aliphatic rings. The molecule has 3 aromatic rings. The average molecular weight is 324 g/mol. The molecule has 1 heterocycles. The average Bonchev–Trinajstić information content (AvgIpc) is 3.02. The van der Waals surface area contributed by atoms with Crippen LogP contribution in [0.2, 0.25) is 0 Å². The van der Waals surface area contributed by atoms with Crippen molar-refractivity contribution in [1.29, 1.82) is 0 Å². The molecule has 2 aromatic carbocycles. The zero-order valence-electron chi connectivity index (χ0n) is 14.5. The number of para-hydroxylation sites is 1. The number of methoxy groups -OCH3 is 1. The van der Waals surface area contributed by atoms with Gasteiger partial charge in [0, 0.05) is 18.0 Å². The van der Waals surface area contributed by atoms with Crippen LogP contribution in [0, 0.1) is 0 Å². The quantitative estimate of drug-likeness (QED) is 0.717. The van der Waals surface area contributed by atoms with Crippen LogP contribution in [0.1, 0.15) is 17.4 Å². The molecule has 1 aromatic heterocycles. The molecule has 1 unspecified atom stereocenters. The molecule has 3 rings (SSSR count). The maximum absolute atomic E-state index is 5.98. The van der Waals surface area contributed by atoms with Gasteiger partial charge in [-0.2, -0.15) is 0 Å². The third-order valence-corrected chi connectivity index (χ3v) is 4.05. The van der Waals surface area contributed by atoms with E-state index in [1.54, 1.807) is 7.11 Å². The standard InChI is InChI=1S/C20H24N2O2/c1-22(2)14-18(15-8-5-4-6-9-15)21-13-17-12-16-10-7-11-19(23-3)20(16)24-17/h4-12,18,21H,13-14H2,1-3H3. The summed E-state index contributed by atoms with van der Waals surface area (Å²) >= 11 is 0. The summed E-state index contributed by atoms with van der Waals surface area (Å²) in [6.07, 6.45) is 0. The van der Waals surface area contributed by atoms with Gasteiger partial charge in [0.1, 0.15) is 5.76 Å². The number of ether oxygens (including phenoxy) is 1. The van der Waals surface area contributed by atoms with E-state index in [-0.39, 0.29) is 6.04 Å². The number of rotatable bonds is 7. The normalized spacial score (nSPS) is 12.7. The molecule has 0 bridgehead atoms. The maximum Gasteiger partial charge on any atom is 0.176 e. The van der Waals surface area contributed by atoms with E-state index in [4.69, 9.17) is 9.15 Å². The Bertz CT molecular complexity index is 781. The minimum absolute atomic E-state index is 0.247. The predicted octanol–water partition coefficient (Wildman–Crippen LogP) is 3.83. The van der Waals surface area contributed by atoms with Crippen LogP contribution in [-0.4, -0.2) is 32.6 Å². The first kappa shape index (κ1) is 16.6. The molecule has 0 fully saturated rings. The molecule has 24 heavy (non-hydrogen) atoms. The molecule has 0 radical (unpaired) electrons. The molecule has 1 N–H and O–H groups in total. The second-order valence-corrected chi connectivity index (χ2v) is 6.20. The minimum Gasteiger partial charge on any atom is -0.493 e. The van der Waals surface area contributed by atoms with Gasteiger partial charge in [-0.25, -0.2) is 0 Å². The summed E-state index contributed by atoms with van der Waals surface area (Å²) in [5, 5.41) is 4.67. The lowest BCUT2D eigenvalue weighted by Crippen LogP contribution is -2.30. The van der Waals surface area contributed by atoms with Crippen LogP contribution in [0.5, 0.6) is 5.75 Å². The Morgan fingerprint density at radius 2 is 1.88 bits per heavy atom. The van der Waals surface area contributed by atoms with Crippen LogP contribution in [0.25, 0.3) is 11.0 Å². The number of benzene rings is 2. The van der Waals surface area contributed by atoms with Gasteiger partial charge in [-0.15, -0.1) is 0 Å². The van der Waals surface area contributed by atoms with Crippen molar-refractivity contribution in [2.75, 3.05) is 27.7 Å². The predicted molar refractivity (Wildman–Crippen MR) is 97.3 cm³/mol. The highest BCUT2D eigenvalue weighted by Crippen LogP contribution is 2.28. The summed E-state index contributed by atoms with van der Waals surface area (Å²) in [6, 6.07) is 18.8. The molecule has 126 valence electrons. The molecule has 0 saturated carbocycles. The molecule has 4 heteroatoms. The Kier molecular flexibility index (Phi) is 5.18. The smallest absolute Gasteiger partial charge is 0.176 e. The van der Waals surface area contributed by atoms with Gasteiger partial charge in [-0.1, -0.05) is 42.5 Å². The summed E-state index contributed by atoms with van der Waals surface area (Å²) in [5.41, 5.74) is 2.08. The Morgan fingerprint density at radius 3 is 2.58 bits per heavy atom. The number of likely N-dealkylation sites (N-methyl/N-ethyl adjacent to an activating group) is 1. The second-order valence-electron chi connectivity index (χ2n) is 6.20. The van der Waals surface area contributed by atoms with Gasteiger partial charge >= 0.3 is 0 Å². The fraction of sp³-hybridized carbons (Fsp3) is 0.300. The van der Waals surface area contributed by atoms with E-state index < -0.39 is 0 Å². The van der Waals surface area contributed by atoms with Crippen molar-refractivity contribution in [1.82, 2.24) is 10.2 Å². The Hall–Kier alpha value is -2.30. The van der Waals surface area contributed by atoms with E-state index in [0.717, 1.165) is 29.0 Å². The SMILES string of the molecule is COc1cccc2cc(CNC(CN(C)C)c3ccccc3)oc12. The van der Waals surface area contributed by atoms with Crippen molar-refractivity contribution in [2.24, 2.45) is 0 Å². The highest BCUT2D eigenvalue weighted by atomic mass is 16.5. The van der Waals surface area contributed by atoms with E-state index in [0.29, 0.717) is 6.54 Å². The molecule has 0 spiro atoms. The number of nitrogens with one attached hydrogen (secondary N) is 1. The molecular formula is C20H24N2O2. The summed E-state index contributed by atoms with van der Waals surface area (Å²) in [5.74, 6) is 1.68. The lowest BCUT2D eigenvalue weighted by molar-refractivity contribution is 0.333. The lowest BCUT2D eigenvalue weighted by atomic mass is 10.1. The molecular weight excluding hydrogens is 300 g/mol. The third-order valence-electron chi connectivity index (χ3n) is 4.05. The van der Waals surface area contributed by atoms with E-state index in [9.17, 15) is 0 Å². The second kappa shape index (κ2) is 7.51. The van der Waals surface area contributed by atoms with Gasteiger partial charge in [0.05, 0.1) is 13.7 Å². The van der Waals surface area contributed by atoms with Crippen LogP contribution in [0.3, 0.4) is 0 Å². The van der Waals surface area contributed by atoms with Crippen LogP contribution in [0.4, 0.5) is 0 Å². The van der Waals surface area contributed by atoms with Crippen molar-refractivity contribution in [3.05, 3.63) is 65.9 Å². The zero-order valence-corrected chi connectivity index (χ0v) is 14.5. The van der Waals surface area contributed by atoms with Gasteiger partial charge in [0.25, 0.3) is 0 Å². The molecule has 0 aliphatic carbocycles. The maximum atomic E-state index is 5.98. The fourth-order valence-electron chi connectivity index (χ4n) is 2.90. The first-order valence-electron chi connectivity index (χ1n) is 8.16. The molecule has 0 amide bonds. The number of hydrogen-bond acceptors (Lipinski definition) is 4. The van der Waals surface area contributed by atoms with Gasteiger partial charge in [0.2, 0.25) is 0 Å². The van der Waals surface area contributed by atoms with E-state index in [1.807, 2.05) is 24.3 Å². The Morgan fingerprint density at radius 1 is 1.08 bits per heavy atom. The molecule has 0 aliphatic heterocycles. The minimum atomic E-state index is 0.247. The number of nitrogens with zero attached hydrogens (tertiary/aromatic N) is 1. The first-order valence-corrected chi connectivity index (χ1v) is 8.16.